The average Bonchev–Trinajstić information content (AvgIpc) is 2.84. The predicted molar refractivity (Wildman–Crippen MR) is 73.7 cm³/mol. The number of carbonyl (C=O) groups is 1. The number of aliphatic hydroxyl groups is 1. The highest BCUT2D eigenvalue weighted by Gasteiger charge is 2.32. The van der Waals surface area contributed by atoms with Crippen LogP contribution >= 0.6 is 0 Å². The van der Waals surface area contributed by atoms with Crippen molar-refractivity contribution in [1.82, 2.24) is 14.9 Å². The Morgan fingerprint density at radius 3 is 2.95 bits per heavy atom. The lowest BCUT2D eigenvalue weighted by Gasteiger charge is -2.33. The number of carbonyl (C=O) groups excluding carboxylic acids is 1. The summed E-state index contributed by atoms with van der Waals surface area (Å²) in [4.78, 5) is 22.6. The monoisotopic (exact) mass is 264 g/mol. The average molecular weight is 264 g/mol. The number of urea groups is 1. The van der Waals surface area contributed by atoms with E-state index in [0.717, 1.165) is 25.0 Å². The number of fused-ring (bicyclic) bond motifs is 1. The molecule has 0 saturated carbocycles. The van der Waals surface area contributed by atoms with Crippen molar-refractivity contribution in [3.05, 3.63) is 18.6 Å². The summed E-state index contributed by atoms with van der Waals surface area (Å²) in [5.41, 5.74) is 1.43. The molecule has 2 rings (SSSR count). The topological polar surface area (TPSA) is 72.5 Å². The lowest BCUT2D eigenvalue weighted by molar-refractivity contribution is 0.181. The molecule has 0 spiro atoms. The number of amides is 2. The molecule has 0 aliphatic carbocycles. The normalized spacial score (nSPS) is 16.8. The molecule has 1 aliphatic heterocycles. The van der Waals surface area contributed by atoms with Gasteiger partial charge in [0.25, 0.3) is 0 Å². The molecule has 0 bridgehead atoms. The van der Waals surface area contributed by atoms with Crippen LogP contribution in [0.15, 0.2) is 12.9 Å². The molecule has 6 heteroatoms. The molecule has 2 amide bonds. The summed E-state index contributed by atoms with van der Waals surface area (Å²) in [5, 5.41) is 9.23. The third-order valence-corrected chi connectivity index (χ3v) is 3.34. The number of imidazole rings is 1. The van der Waals surface area contributed by atoms with Gasteiger partial charge in [-0.1, -0.05) is 6.58 Å². The molecule has 0 saturated heterocycles. The molecule has 1 atom stereocenters. The molecule has 1 aromatic rings. The maximum atomic E-state index is 12.2. The van der Waals surface area contributed by atoms with E-state index >= 15 is 0 Å². The second-order valence-electron chi connectivity index (χ2n) is 4.89. The molecule has 104 valence electrons. The zero-order valence-corrected chi connectivity index (χ0v) is 11.4. The molecular weight excluding hydrogens is 244 g/mol. The number of nitrogens with zero attached hydrogens (tertiary/aromatic N) is 3. The molecule has 6 nitrogen and oxygen atoms in total. The van der Waals surface area contributed by atoms with Crippen molar-refractivity contribution in [2.45, 2.75) is 32.3 Å². The summed E-state index contributed by atoms with van der Waals surface area (Å²) in [5.74, 6) is 0.644. The van der Waals surface area contributed by atoms with Gasteiger partial charge in [0.1, 0.15) is 5.69 Å². The first-order chi connectivity index (χ1) is 9.02. The number of aliphatic hydroxyl groups excluding tert-OH is 1. The van der Waals surface area contributed by atoms with Gasteiger partial charge in [-0.3, -0.25) is 9.80 Å². The highest BCUT2D eigenvalue weighted by atomic mass is 16.3. The minimum absolute atomic E-state index is 0.110. The van der Waals surface area contributed by atoms with E-state index in [1.165, 1.54) is 4.90 Å². The highest BCUT2D eigenvalue weighted by molar-refractivity contribution is 6.02. The van der Waals surface area contributed by atoms with Gasteiger partial charge in [-0.05, 0) is 26.2 Å². The number of H-pyrrole nitrogens is 1. The van der Waals surface area contributed by atoms with Gasteiger partial charge in [-0.25, -0.2) is 9.78 Å². The van der Waals surface area contributed by atoms with Crippen LogP contribution in [0, 0.1) is 0 Å². The van der Waals surface area contributed by atoms with Gasteiger partial charge in [-0.2, -0.15) is 0 Å². The van der Waals surface area contributed by atoms with Gasteiger partial charge in [0.15, 0.2) is 5.82 Å². The van der Waals surface area contributed by atoms with Crippen LogP contribution in [0.2, 0.25) is 0 Å². The number of aromatic nitrogens is 2. The molecule has 2 heterocycles. The fourth-order valence-corrected chi connectivity index (χ4v) is 2.17. The number of hydrogen-bond donors (Lipinski definition) is 2. The molecular formula is C13H20N4O2. The smallest absolute Gasteiger partial charge is 0.329 e. The molecule has 0 fully saturated rings. The van der Waals surface area contributed by atoms with E-state index in [9.17, 15) is 9.90 Å². The van der Waals surface area contributed by atoms with Gasteiger partial charge in [0.05, 0.1) is 18.1 Å². The first kappa shape index (κ1) is 13.6. The van der Waals surface area contributed by atoms with E-state index in [-0.39, 0.29) is 12.1 Å². The van der Waals surface area contributed by atoms with E-state index in [1.807, 2.05) is 0 Å². The van der Waals surface area contributed by atoms with Crippen LogP contribution in [0.25, 0.3) is 5.70 Å². The Labute approximate surface area is 112 Å². The highest BCUT2D eigenvalue weighted by Crippen LogP contribution is 2.31. The number of aromatic amines is 1. The Balaban J connectivity index is 2.06. The Morgan fingerprint density at radius 2 is 2.26 bits per heavy atom. The minimum Gasteiger partial charge on any atom is -0.393 e. The summed E-state index contributed by atoms with van der Waals surface area (Å²) in [7, 11) is 1.71. The largest absolute Gasteiger partial charge is 0.393 e. The maximum Gasteiger partial charge on any atom is 0.329 e. The van der Waals surface area contributed by atoms with Crippen LogP contribution in [0.1, 0.15) is 31.9 Å². The minimum atomic E-state index is -0.291. The quantitative estimate of drug-likeness (QED) is 0.796. The lowest BCUT2D eigenvalue weighted by Crippen LogP contribution is -2.45. The van der Waals surface area contributed by atoms with Crippen molar-refractivity contribution in [3.8, 4) is 0 Å². The molecule has 0 radical (unpaired) electrons. The lowest BCUT2D eigenvalue weighted by atomic mass is 10.1. The van der Waals surface area contributed by atoms with Crippen LogP contribution in [0.4, 0.5) is 10.6 Å². The summed E-state index contributed by atoms with van der Waals surface area (Å²) >= 11 is 0. The third kappa shape index (κ3) is 2.63. The van der Waals surface area contributed by atoms with Gasteiger partial charge < -0.3 is 10.1 Å². The van der Waals surface area contributed by atoms with Crippen LogP contribution in [0.3, 0.4) is 0 Å². The van der Waals surface area contributed by atoms with Gasteiger partial charge in [0, 0.05) is 13.6 Å². The van der Waals surface area contributed by atoms with Crippen LogP contribution in [0.5, 0.6) is 0 Å². The van der Waals surface area contributed by atoms with Crippen molar-refractivity contribution in [1.29, 1.82) is 0 Å². The predicted octanol–water partition coefficient (Wildman–Crippen LogP) is 1.80. The van der Waals surface area contributed by atoms with E-state index in [1.54, 1.807) is 25.2 Å². The first-order valence-corrected chi connectivity index (χ1v) is 6.48. The summed E-state index contributed by atoms with van der Waals surface area (Å²) < 4.78 is 0. The van der Waals surface area contributed by atoms with Gasteiger partial charge >= 0.3 is 6.03 Å². The fraction of sp³-hybridized carbons (Fsp3) is 0.538. The molecule has 2 N–H and O–H groups in total. The zero-order valence-electron chi connectivity index (χ0n) is 11.4. The number of anilines is 1. The van der Waals surface area contributed by atoms with E-state index in [4.69, 9.17) is 0 Å². The first-order valence-electron chi connectivity index (χ1n) is 6.48. The summed E-state index contributed by atoms with van der Waals surface area (Å²) in [6.07, 6.45) is 3.75. The number of unbranched alkanes of at least 4 members (excludes halogenated alkanes) is 1. The Morgan fingerprint density at radius 1 is 1.53 bits per heavy atom. The van der Waals surface area contributed by atoms with Crippen molar-refractivity contribution in [3.63, 3.8) is 0 Å². The Bertz CT molecular complexity index is 481. The van der Waals surface area contributed by atoms with E-state index in [0.29, 0.717) is 18.1 Å². The van der Waals surface area contributed by atoms with E-state index < -0.39 is 0 Å². The van der Waals surface area contributed by atoms with E-state index in [2.05, 4.69) is 16.5 Å². The Hall–Kier alpha value is -1.82. The standard InChI is InChI=1S/C13H20N4O2/c1-9(18)6-4-5-7-17-12-11(14-8-15-12)10(2)16(3)13(17)19/h8-9,18H,2,4-7H2,1,3H3,(H,14,15)/t9-/m1/s1. The molecule has 1 aliphatic rings. The zero-order chi connectivity index (χ0) is 14.0. The van der Waals surface area contributed by atoms with Crippen molar-refractivity contribution >= 4 is 17.5 Å². The Kier molecular flexibility index (Phi) is 3.90. The summed E-state index contributed by atoms with van der Waals surface area (Å²) in [6, 6.07) is -0.110. The summed E-state index contributed by atoms with van der Waals surface area (Å²) in [6.45, 7) is 6.26. The molecule has 1 aromatic heterocycles. The van der Waals surface area contributed by atoms with Crippen molar-refractivity contribution in [2.75, 3.05) is 18.5 Å². The number of nitrogens with one attached hydrogen (secondary N) is 1. The van der Waals surface area contributed by atoms with Crippen LogP contribution < -0.4 is 4.90 Å². The number of hydrogen-bond acceptors (Lipinski definition) is 3. The number of rotatable bonds is 5. The van der Waals surface area contributed by atoms with Crippen LogP contribution in [-0.4, -0.2) is 45.7 Å². The van der Waals surface area contributed by atoms with Crippen molar-refractivity contribution < 1.29 is 9.90 Å². The van der Waals surface area contributed by atoms with Gasteiger partial charge in [0.2, 0.25) is 0 Å². The second-order valence-corrected chi connectivity index (χ2v) is 4.89. The van der Waals surface area contributed by atoms with Crippen molar-refractivity contribution in [2.24, 2.45) is 0 Å². The third-order valence-electron chi connectivity index (χ3n) is 3.34. The molecule has 19 heavy (non-hydrogen) atoms. The molecule has 0 unspecified atom stereocenters. The SMILES string of the molecule is C=C1c2[nH]cnc2N(CCCC[C@@H](C)O)C(=O)N1C. The van der Waals surface area contributed by atoms with Gasteiger partial charge in [-0.15, -0.1) is 0 Å². The maximum absolute atomic E-state index is 12.2. The fourth-order valence-electron chi connectivity index (χ4n) is 2.17. The second kappa shape index (κ2) is 5.44. The molecule has 0 aromatic carbocycles. The van der Waals surface area contributed by atoms with Crippen LogP contribution in [-0.2, 0) is 0 Å².